The van der Waals surface area contributed by atoms with E-state index in [9.17, 15) is 19.2 Å². The van der Waals surface area contributed by atoms with Crippen molar-refractivity contribution in [1.29, 1.82) is 0 Å². The van der Waals surface area contributed by atoms with E-state index in [1.165, 1.54) is 0 Å². The zero-order chi connectivity index (χ0) is 19.2. The van der Waals surface area contributed by atoms with Gasteiger partial charge in [0, 0.05) is 25.0 Å². The molecule has 0 fully saturated rings. The Balaban J connectivity index is 3.80. The Kier molecular flexibility index (Phi) is 11.4. The predicted octanol–water partition coefficient (Wildman–Crippen LogP) is 1.48. The third kappa shape index (κ3) is 12.4. The summed E-state index contributed by atoms with van der Waals surface area (Å²) in [6, 6.07) is 0. The van der Waals surface area contributed by atoms with Crippen molar-refractivity contribution in [1.82, 2.24) is 0 Å². The molecule has 0 aliphatic carbocycles. The van der Waals surface area contributed by atoms with Gasteiger partial charge in [-0.25, -0.2) is 9.59 Å². The van der Waals surface area contributed by atoms with Crippen molar-refractivity contribution in [2.75, 3.05) is 13.2 Å². The molecule has 2 unspecified atom stereocenters. The lowest BCUT2D eigenvalue weighted by Gasteiger charge is -2.13. The van der Waals surface area contributed by atoms with Crippen molar-refractivity contribution in [2.24, 2.45) is 0 Å². The van der Waals surface area contributed by atoms with Crippen molar-refractivity contribution in [3.8, 4) is 0 Å². The van der Waals surface area contributed by atoms with Crippen molar-refractivity contribution in [2.45, 2.75) is 45.3 Å². The summed E-state index contributed by atoms with van der Waals surface area (Å²) < 4.78 is 19.5. The summed E-state index contributed by atoms with van der Waals surface area (Å²) >= 11 is 0. The van der Waals surface area contributed by atoms with Gasteiger partial charge in [-0.05, 0) is 20.3 Å². The van der Waals surface area contributed by atoms with Gasteiger partial charge in [0.05, 0.1) is 0 Å². The second-order valence-electron chi connectivity index (χ2n) is 5.12. The molecular weight excluding hydrogens is 332 g/mol. The Morgan fingerprint density at radius 2 is 1.16 bits per heavy atom. The van der Waals surface area contributed by atoms with Gasteiger partial charge in [-0.15, -0.1) is 0 Å². The zero-order valence-electron chi connectivity index (χ0n) is 14.5. The molecular formula is C17H24O8. The summed E-state index contributed by atoms with van der Waals surface area (Å²) in [6.07, 6.45) is 1.17. The fraction of sp³-hybridized carbons (Fsp3) is 0.529. The molecule has 0 aromatic carbocycles. The summed E-state index contributed by atoms with van der Waals surface area (Å²) in [4.78, 5) is 44.9. The van der Waals surface area contributed by atoms with Crippen LogP contribution in [0.15, 0.2) is 25.3 Å². The van der Waals surface area contributed by atoms with Gasteiger partial charge in [-0.2, -0.15) is 0 Å². The Bertz CT molecular complexity index is 453. The van der Waals surface area contributed by atoms with Gasteiger partial charge in [0.15, 0.2) is 0 Å². The van der Waals surface area contributed by atoms with Gasteiger partial charge in [-0.3, -0.25) is 9.59 Å². The van der Waals surface area contributed by atoms with E-state index in [-0.39, 0.29) is 32.5 Å². The van der Waals surface area contributed by atoms with Gasteiger partial charge < -0.3 is 18.9 Å². The highest BCUT2D eigenvalue weighted by Gasteiger charge is 2.13. The summed E-state index contributed by atoms with van der Waals surface area (Å²) in [5.41, 5.74) is 0. The molecule has 0 rings (SSSR count). The first kappa shape index (κ1) is 22.4. The minimum atomic E-state index is -0.598. The quantitative estimate of drug-likeness (QED) is 0.294. The third-order valence-electron chi connectivity index (χ3n) is 2.69. The lowest BCUT2D eigenvalue weighted by molar-refractivity contribution is -0.156. The molecule has 0 amide bonds. The summed E-state index contributed by atoms with van der Waals surface area (Å²) in [5, 5.41) is 0. The van der Waals surface area contributed by atoms with Crippen molar-refractivity contribution >= 4 is 23.9 Å². The molecule has 0 aliphatic heterocycles. The number of rotatable bonds is 12. The molecule has 8 heteroatoms. The predicted molar refractivity (Wildman–Crippen MR) is 87.3 cm³/mol. The lowest BCUT2D eigenvalue weighted by Crippen LogP contribution is -2.22. The minimum absolute atomic E-state index is 0.0260. The Morgan fingerprint density at radius 1 is 0.800 bits per heavy atom. The molecule has 0 heterocycles. The standard InChI is InChI=1S/C17H24O8/c1-5-14(18)24-12(3)10-22-16(20)8-7-9-17(21)23-11-13(4)25-15(19)6-2/h5-6,12-13H,1-2,7-11H2,3-4H3. The van der Waals surface area contributed by atoms with Crippen LogP contribution in [0.5, 0.6) is 0 Å². The van der Waals surface area contributed by atoms with Gasteiger partial charge in [-0.1, -0.05) is 13.2 Å². The van der Waals surface area contributed by atoms with E-state index < -0.39 is 36.1 Å². The Labute approximate surface area is 146 Å². The van der Waals surface area contributed by atoms with Crippen molar-refractivity contribution in [3.05, 3.63) is 25.3 Å². The smallest absolute Gasteiger partial charge is 0.330 e. The molecule has 0 saturated carbocycles. The average Bonchev–Trinajstić information content (AvgIpc) is 2.57. The maximum absolute atomic E-state index is 11.5. The molecule has 0 radical (unpaired) electrons. The monoisotopic (exact) mass is 356 g/mol. The first-order valence-electron chi connectivity index (χ1n) is 7.75. The van der Waals surface area contributed by atoms with Crippen LogP contribution in [0.1, 0.15) is 33.1 Å². The summed E-state index contributed by atoms with van der Waals surface area (Å²) in [7, 11) is 0. The molecule has 140 valence electrons. The molecule has 8 nitrogen and oxygen atoms in total. The van der Waals surface area contributed by atoms with E-state index in [1.807, 2.05) is 0 Å². The lowest BCUT2D eigenvalue weighted by atomic mass is 10.2. The number of ether oxygens (including phenoxy) is 4. The van der Waals surface area contributed by atoms with Crippen LogP contribution >= 0.6 is 0 Å². The molecule has 2 atom stereocenters. The van der Waals surface area contributed by atoms with Crippen LogP contribution < -0.4 is 0 Å². The van der Waals surface area contributed by atoms with Crippen LogP contribution in [-0.2, 0) is 38.1 Å². The van der Waals surface area contributed by atoms with Crippen LogP contribution in [0, 0.1) is 0 Å². The van der Waals surface area contributed by atoms with Crippen LogP contribution in [-0.4, -0.2) is 49.3 Å². The topological polar surface area (TPSA) is 105 Å². The number of carbonyl (C=O) groups is 4. The normalized spacial score (nSPS) is 12.2. The maximum atomic E-state index is 11.5. The van der Waals surface area contributed by atoms with Gasteiger partial charge in [0.2, 0.25) is 0 Å². The molecule has 0 N–H and O–H groups in total. The van der Waals surface area contributed by atoms with E-state index in [2.05, 4.69) is 13.2 Å². The zero-order valence-corrected chi connectivity index (χ0v) is 14.5. The molecule has 0 saturated heterocycles. The van der Waals surface area contributed by atoms with Crippen LogP contribution in [0.25, 0.3) is 0 Å². The average molecular weight is 356 g/mol. The van der Waals surface area contributed by atoms with Gasteiger partial charge in [0.25, 0.3) is 0 Å². The van der Waals surface area contributed by atoms with Gasteiger partial charge >= 0.3 is 23.9 Å². The van der Waals surface area contributed by atoms with Crippen LogP contribution in [0.3, 0.4) is 0 Å². The summed E-state index contributed by atoms with van der Waals surface area (Å²) in [6.45, 7) is 9.51. The van der Waals surface area contributed by atoms with Crippen LogP contribution in [0.4, 0.5) is 0 Å². The molecule has 0 spiro atoms. The SMILES string of the molecule is C=CC(=O)OC(C)COC(=O)CCCC(=O)OCC(C)OC(=O)C=C. The van der Waals surface area contributed by atoms with E-state index >= 15 is 0 Å². The van der Waals surface area contributed by atoms with E-state index in [1.54, 1.807) is 13.8 Å². The highest BCUT2D eigenvalue weighted by Crippen LogP contribution is 2.03. The van der Waals surface area contributed by atoms with E-state index in [4.69, 9.17) is 18.9 Å². The highest BCUT2D eigenvalue weighted by atomic mass is 16.6. The molecule has 0 aromatic heterocycles. The fourth-order valence-electron chi connectivity index (χ4n) is 1.50. The number of hydrogen-bond acceptors (Lipinski definition) is 8. The number of hydrogen-bond donors (Lipinski definition) is 0. The van der Waals surface area contributed by atoms with Crippen molar-refractivity contribution in [3.63, 3.8) is 0 Å². The second-order valence-corrected chi connectivity index (χ2v) is 5.12. The third-order valence-corrected chi connectivity index (χ3v) is 2.69. The molecule has 0 aliphatic rings. The Morgan fingerprint density at radius 3 is 1.48 bits per heavy atom. The molecule has 0 bridgehead atoms. The molecule has 25 heavy (non-hydrogen) atoms. The summed E-state index contributed by atoms with van der Waals surface area (Å²) in [5.74, 6) is -2.22. The van der Waals surface area contributed by atoms with E-state index in [0.717, 1.165) is 12.2 Å². The first-order chi connectivity index (χ1) is 11.8. The second kappa shape index (κ2) is 12.7. The molecule has 0 aromatic rings. The van der Waals surface area contributed by atoms with Crippen LogP contribution in [0.2, 0.25) is 0 Å². The fourth-order valence-corrected chi connectivity index (χ4v) is 1.50. The van der Waals surface area contributed by atoms with Crippen molar-refractivity contribution < 1.29 is 38.1 Å². The first-order valence-corrected chi connectivity index (χ1v) is 7.75. The number of carbonyl (C=O) groups excluding carboxylic acids is 4. The largest absolute Gasteiger partial charge is 0.462 e. The Hall–Kier alpha value is -2.64. The van der Waals surface area contributed by atoms with E-state index in [0.29, 0.717) is 0 Å². The maximum Gasteiger partial charge on any atom is 0.330 e. The van der Waals surface area contributed by atoms with Gasteiger partial charge in [0.1, 0.15) is 25.4 Å². The number of esters is 4. The highest BCUT2D eigenvalue weighted by molar-refractivity contribution is 5.81. The minimum Gasteiger partial charge on any atom is -0.462 e.